The summed E-state index contributed by atoms with van der Waals surface area (Å²) in [6.45, 7) is 7.17. The molecule has 0 fully saturated rings. The van der Waals surface area contributed by atoms with Crippen LogP contribution in [0.1, 0.15) is 49.9 Å². The quantitative estimate of drug-likeness (QED) is 0.0703. The molecule has 0 aliphatic heterocycles. The highest BCUT2D eigenvalue weighted by atomic mass is 16.7. The van der Waals surface area contributed by atoms with Crippen LogP contribution in [0.4, 0.5) is 16.2 Å². The molecule has 0 saturated heterocycles. The van der Waals surface area contributed by atoms with Crippen molar-refractivity contribution in [2.24, 2.45) is 10.3 Å². The van der Waals surface area contributed by atoms with Gasteiger partial charge in [-0.05, 0) is 92.3 Å². The van der Waals surface area contributed by atoms with Gasteiger partial charge in [0.25, 0.3) is 0 Å². The number of hydrogen-bond acceptors (Lipinski definition) is 7. The second-order valence-electron chi connectivity index (χ2n) is 8.60. The molecule has 4 N–H and O–H groups in total. The zero-order valence-electron chi connectivity index (χ0n) is 21.4. The van der Waals surface area contributed by atoms with Gasteiger partial charge in [-0.2, -0.15) is 0 Å². The van der Waals surface area contributed by atoms with Crippen molar-refractivity contribution in [2.45, 2.75) is 40.3 Å². The summed E-state index contributed by atoms with van der Waals surface area (Å²) in [4.78, 5) is 17.2. The number of carbonyl (C=O) groups excluding carboxylic acids is 1. The summed E-state index contributed by atoms with van der Waals surface area (Å²) in [5.41, 5.74) is 6.96. The van der Waals surface area contributed by atoms with Crippen molar-refractivity contribution in [3.8, 4) is 0 Å². The van der Waals surface area contributed by atoms with Crippen molar-refractivity contribution in [3.05, 3.63) is 107 Å². The Bertz CT molecular complexity index is 1300. The van der Waals surface area contributed by atoms with E-state index in [1.807, 2.05) is 74.5 Å². The highest BCUT2D eigenvalue weighted by molar-refractivity contribution is 6.03. The number of rotatable bonds is 9. The molecule has 1 unspecified atom stereocenters. The predicted octanol–water partition coefficient (Wildman–Crippen LogP) is 6.14. The molecule has 37 heavy (non-hydrogen) atoms. The van der Waals surface area contributed by atoms with Gasteiger partial charge in [0.2, 0.25) is 0 Å². The Labute approximate surface area is 217 Å². The molecule has 192 valence electrons. The third-order valence-corrected chi connectivity index (χ3v) is 5.87. The van der Waals surface area contributed by atoms with Crippen LogP contribution in [0.3, 0.4) is 0 Å². The maximum absolute atomic E-state index is 12.2. The Balaban J connectivity index is 1.53. The molecule has 0 radical (unpaired) electrons. The summed E-state index contributed by atoms with van der Waals surface area (Å²) in [5, 5.41) is 31.9. The topological polar surface area (TPSA) is 116 Å². The van der Waals surface area contributed by atoms with Crippen LogP contribution in [0.2, 0.25) is 0 Å². The summed E-state index contributed by atoms with van der Waals surface area (Å²) in [7, 11) is 0. The third kappa shape index (κ3) is 8.05. The first-order chi connectivity index (χ1) is 17.8. The lowest BCUT2D eigenvalue weighted by Crippen LogP contribution is -2.19. The van der Waals surface area contributed by atoms with Crippen LogP contribution in [-0.4, -0.2) is 34.1 Å². The van der Waals surface area contributed by atoms with Crippen LogP contribution >= 0.6 is 0 Å². The average molecular weight is 501 g/mol. The van der Waals surface area contributed by atoms with Crippen LogP contribution < -0.4 is 10.6 Å². The number of allylic oxidation sites excluding steroid dienone is 1. The second kappa shape index (κ2) is 13.0. The van der Waals surface area contributed by atoms with Crippen molar-refractivity contribution in [3.63, 3.8) is 0 Å². The molecular formula is C29H32N4O4. The van der Waals surface area contributed by atoms with Crippen LogP contribution in [-0.2, 0) is 11.3 Å². The molecule has 0 heterocycles. The van der Waals surface area contributed by atoms with Gasteiger partial charge in [-0.1, -0.05) is 58.9 Å². The number of aliphatic hydroxyl groups is 1. The van der Waals surface area contributed by atoms with Gasteiger partial charge < -0.3 is 15.6 Å². The first-order valence-electron chi connectivity index (χ1n) is 11.9. The molecule has 1 amide bonds. The molecule has 3 aromatic rings. The number of carbonyl (C=O) groups is 1. The average Bonchev–Trinajstić information content (AvgIpc) is 2.92. The van der Waals surface area contributed by atoms with E-state index in [0.717, 1.165) is 39.9 Å². The van der Waals surface area contributed by atoms with E-state index in [2.05, 4.69) is 20.9 Å². The molecule has 0 aliphatic rings. The van der Waals surface area contributed by atoms with Gasteiger partial charge in [0, 0.05) is 11.4 Å². The number of amides is 1. The Kier molecular flexibility index (Phi) is 9.57. The Morgan fingerprint density at radius 2 is 1.49 bits per heavy atom. The summed E-state index contributed by atoms with van der Waals surface area (Å²) >= 11 is 0. The van der Waals surface area contributed by atoms with Crippen LogP contribution in [0.15, 0.2) is 94.8 Å². The van der Waals surface area contributed by atoms with Crippen molar-refractivity contribution in [1.29, 1.82) is 0 Å². The van der Waals surface area contributed by atoms with Gasteiger partial charge in [0.15, 0.2) is 0 Å². The minimum atomic E-state index is -0.709. The van der Waals surface area contributed by atoms with Crippen LogP contribution in [0.5, 0.6) is 0 Å². The van der Waals surface area contributed by atoms with Gasteiger partial charge in [0.05, 0.1) is 11.4 Å². The molecular weight excluding hydrogens is 468 g/mol. The lowest BCUT2D eigenvalue weighted by atomic mass is 10.0. The summed E-state index contributed by atoms with van der Waals surface area (Å²) < 4.78 is 0. The van der Waals surface area contributed by atoms with Gasteiger partial charge >= 0.3 is 6.09 Å². The van der Waals surface area contributed by atoms with E-state index in [1.54, 1.807) is 32.0 Å². The summed E-state index contributed by atoms with van der Waals surface area (Å²) in [6, 6.07) is 22.6. The fraction of sp³-hybridized carbons (Fsp3) is 0.207. The van der Waals surface area contributed by atoms with E-state index in [4.69, 9.17) is 10.0 Å². The molecule has 0 spiro atoms. The lowest BCUT2D eigenvalue weighted by molar-refractivity contribution is 0.166. The first-order valence-corrected chi connectivity index (χ1v) is 11.9. The fourth-order valence-corrected chi connectivity index (χ4v) is 3.42. The number of anilines is 2. The van der Waals surface area contributed by atoms with E-state index in [-0.39, 0.29) is 0 Å². The van der Waals surface area contributed by atoms with Gasteiger partial charge in [-0.3, -0.25) is 10.2 Å². The van der Waals surface area contributed by atoms with E-state index in [0.29, 0.717) is 17.1 Å². The smallest absolute Gasteiger partial charge is 0.411 e. The van der Waals surface area contributed by atoms with Crippen LogP contribution in [0.25, 0.3) is 0 Å². The maximum Gasteiger partial charge on any atom is 0.437 e. The highest BCUT2D eigenvalue weighted by Gasteiger charge is 2.08. The zero-order valence-corrected chi connectivity index (χ0v) is 21.4. The molecule has 0 aliphatic carbocycles. The van der Waals surface area contributed by atoms with Gasteiger partial charge in [-0.15, -0.1) is 0 Å². The molecule has 8 nitrogen and oxygen atoms in total. The normalized spacial score (nSPS) is 13.2. The van der Waals surface area contributed by atoms with Crippen molar-refractivity contribution >= 4 is 28.9 Å². The van der Waals surface area contributed by atoms with E-state index < -0.39 is 12.3 Å². The molecule has 0 bridgehead atoms. The van der Waals surface area contributed by atoms with E-state index in [1.165, 1.54) is 0 Å². The molecule has 8 heteroatoms. The molecule has 1 atom stereocenters. The number of aliphatic hydroxyl groups excluding tert-OH is 1. The highest BCUT2D eigenvalue weighted by Crippen LogP contribution is 2.17. The van der Waals surface area contributed by atoms with E-state index in [9.17, 15) is 9.90 Å². The molecule has 3 aromatic carbocycles. The SMILES string of the molecule is C/C=C(\C)C(O)Nc1ccc(Cc2ccc(NC(=O)O/N=C(\C)c3cccc(/C(C)=N/O)c3)cc2)cc1. The molecule has 0 saturated carbocycles. The fourth-order valence-electron chi connectivity index (χ4n) is 3.42. The maximum atomic E-state index is 12.2. The molecule has 0 aromatic heterocycles. The van der Waals surface area contributed by atoms with E-state index >= 15 is 0 Å². The van der Waals surface area contributed by atoms with Gasteiger partial charge in [0.1, 0.15) is 6.23 Å². The second-order valence-corrected chi connectivity index (χ2v) is 8.60. The summed E-state index contributed by atoms with van der Waals surface area (Å²) in [6.07, 6.45) is 1.19. The number of nitrogens with one attached hydrogen (secondary N) is 2. The third-order valence-electron chi connectivity index (χ3n) is 5.87. The number of benzene rings is 3. The standard InChI is InChI=1S/C29H32N4O4/c1-5-19(2)28(34)30-26-13-9-22(10-14-26)17-23-11-15-27(16-12-23)31-29(35)37-33-21(4)25-8-6-7-24(18-25)20(3)32-36/h5-16,18,28,30,34,36H,17H2,1-4H3,(H,31,35)/b19-5+,32-20+,33-21+. The Morgan fingerprint density at radius 3 is 2.05 bits per heavy atom. The first kappa shape index (κ1) is 27.2. The number of oxime groups is 2. The van der Waals surface area contributed by atoms with Gasteiger partial charge in [-0.25, -0.2) is 4.79 Å². The van der Waals surface area contributed by atoms with Crippen molar-refractivity contribution in [1.82, 2.24) is 0 Å². The molecule has 3 rings (SSSR count). The number of hydrogen-bond donors (Lipinski definition) is 4. The largest absolute Gasteiger partial charge is 0.437 e. The van der Waals surface area contributed by atoms with Crippen LogP contribution in [0, 0.1) is 0 Å². The lowest BCUT2D eigenvalue weighted by Gasteiger charge is -2.15. The minimum absolute atomic E-state index is 0.473. The Morgan fingerprint density at radius 1 is 0.919 bits per heavy atom. The number of nitrogens with zero attached hydrogens (tertiary/aromatic N) is 2. The zero-order chi connectivity index (χ0) is 26.8. The van der Waals surface area contributed by atoms with Crippen molar-refractivity contribution < 1.29 is 19.9 Å². The van der Waals surface area contributed by atoms with Crippen molar-refractivity contribution in [2.75, 3.05) is 10.6 Å². The predicted molar refractivity (Wildman–Crippen MR) is 148 cm³/mol. The minimum Gasteiger partial charge on any atom is -0.411 e. The summed E-state index contributed by atoms with van der Waals surface area (Å²) in [5.74, 6) is 0. The monoisotopic (exact) mass is 500 g/mol. The Hall–Kier alpha value is -4.43.